The van der Waals surface area contributed by atoms with Gasteiger partial charge in [-0.05, 0) is 67.2 Å². The molecule has 0 aliphatic carbocycles. The maximum atomic E-state index is 4.43. The van der Waals surface area contributed by atoms with Crippen LogP contribution in [-0.2, 0) is 0 Å². The maximum Gasteiger partial charge on any atom is 0.382 e. The predicted molar refractivity (Wildman–Crippen MR) is 156 cm³/mol. The van der Waals surface area contributed by atoms with Crippen LogP contribution in [0.5, 0.6) is 0 Å². The third-order valence-corrected chi connectivity index (χ3v) is 7.87. The maximum absolute atomic E-state index is 4.43. The van der Waals surface area contributed by atoms with E-state index in [0.717, 1.165) is 5.70 Å². The van der Waals surface area contributed by atoms with Crippen molar-refractivity contribution in [1.29, 1.82) is 0 Å². The number of fused-ring (bicyclic) bond motifs is 11. The van der Waals surface area contributed by atoms with Gasteiger partial charge in [-0.25, -0.2) is 0 Å². The van der Waals surface area contributed by atoms with Gasteiger partial charge in [-0.1, -0.05) is 54.4 Å². The van der Waals surface area contributed by atoms with Gasteiger partial charge in [0.05, 0.1) is 11.0 Å². The van der Waals surface area contributed by atoms with Crippen LogP contribution in [0.2, 0.25) is 0 Å². The molecule has 8 rings (SSSR count). The van der Waals surface area contributed by atoms with Crippen molar-refractivity contribution in [3.05, 3.63) is 134 Å². The second-order valence-electron chi connectivity index (χ2n) is 9.78. The van der Waals surface area contributed by atoms with Gasteiger partial charge in [0, 0.05) is 28.9 Å². The zero-order valence-corrected chi connectivity index (χ0v) is 20.2. The van der Waals surface area contributed by atoms with Crippen molar-refractivity contribution in [2.75, 3.05) is 0 Å². The van der Waals surface area contributed by atoms with Gasteiger partial charge < -0.3 is 23.5 Å². The minimum absolute atomic E-state index is 0.00755. The van der Waals surface area contributed by atoms with Gasteiger partial charge in [-0.3, -0.25) is 4.98 Å². The summed E-state index contributed by atoms with van der Waals surface area (Å²) in [6, 6.07) is 10.7. The summed E-state index contributed by atoms with van der Waals surface area (Å²) in [5.41, 5.74) is 3.52. The van der Waals surface area contributed by atoms with E-state index in [4.69, 9.17) is 0 Å². The molecule has 10 heteroatoms. The largest absolute Gasteiger partial charge is 0.423 e. The smallest absolute Gasteiger partial charge is 0.382 e. The molecule has 0 radical (unpaired) electrons. The summed E-state index contributed by atoms with van der Waals surface area (Å²) in [7, 11) is 0. The van der Waals surface area contributed by atoms with Crippen LogP contribution in [0.25, 0.3) is 27.5 Å². The molecule has 5 aliphatic heterocycles. The van der Waals surface area contributed by atoms with Crippen LogP contribution in [-0.4, -0.2) is 56.4 Å². The zero-order valence-electron chi connectivity index (χ0n) is 20.2. The Morgan fingerprint density at radius 3 is 1.86 bits per heavy atom. The highest BCUT2D eigenvalue weighted by Gasteiger charge is 2.49. The van der Waals surface area contributed by atoms with Gasteiger partial charge >= 0.3 is 27.9 Å². The molecule has 0 spiro atoms. The number of nitrogens with zero attached hydrogens (tertiary/aromatic N) is 6. The Morgan fingerprint density at radius 1 is 0.568 bits per heavy atom. The van der Waals surface area contributed by atoms with Crippen molar-refractivity contribution in [2.24, 2.45) is 0 Å². The number of benzene rings is 1. The van der Waals surface area contributed by atoms with E-state index < -0.39 is 0 Å². The van der Waals surface area contributed by atoms with E-state index in [1.54, 1.807) is 0 Å². The Morgan fingerprint density at radius 2 is 1.16 bits per heavy atom. The molecule has 1 saturated heterocycles. The molecule has 0 atom stereocenters. The lowest BCUT2D eigenvalue weighted by Crippen LogP contribution is -2.73. The highest BCUT2D eigenvalue weighted by atomic mass is 15.3. The molecule has 0 N–H and O–H groups in total. The molecule has 0 saturated carbocycles. The molecule has 1 aromatic carbocycles. The minimum atomic E-state index is 0.00755. The number of para-hydroxylation sites is 1. The Hall–Kier alpha value is -4.45. The molecule has 0 unspecified atom stereocenters. The fourth-order valence-electron chi connectivity index (χ4n) is 6.27. The number of pyridine rings is 1. The third kappa shape index (κ3) is 3.02. The van der Waals surface area contributed by atoms with Crippen LogP contribution < -0.4 is 0 Å². The zero-order chi connectivity index (χ0) is 24.3. The van der Waals surface area contributed by atoms with Gasteiger partial charge in [0.1, 0.15) is 0 Å². The van der Waals surface area contributed by atoms with Crippen LogP contribution in [0, 0.1) is 0 Å². The lowest BCUT2D eigenvalue weighted by molar-refractivity contribution is 0.622. The van der Waals surface area contributed by atoms with E-state index in [2.05, 4.69) is 150 Å². The van der Waals surface area contributed by atoms with E-state index in [9.17, 15) is 0 Å². The predicted octanol–water partition coefficient (Wildman–Crippen LogP) is 4.14. The summed E-state index contributed by atoms with van der Waals surface area (Å²) in [5.74, 6) is 9.26. The van der Waals surface area contributed by atoms with E-state index in [1.807, 2.05) is 12.4 Å². The van der Waals surface area contributed by atoms with Crippen molar-refractivity contribution in [2.45, 2.75) is 0 Å². The van der Waals surface area contributed by atoms with Crippen LogP contribution in [0.1, 0.15) is 0 Å². The molecule has 6 nitrogen and oxygen atoms in total. The molecule has 0 bridgehead atoms. The van der Waals surface area contributed by atoms with Crippen molar-refractivity contribution < 1.29 is 0 Å². The SMILES string of the molecule is C1=CB2N(C=C1)B1C=CC=CN1B1C=C(n3c4ccccc4c4cnccc43)C=CN1B1C=CC=CN21. The average molecular weight is 474 g/mol. The summed E-state index contributed by atoms with van der Waals surface area (Å²) in [5, 5.41) is 2.39. The molecule has 5 aliphatic rings. The fraction of sp³-hybridized carbons (Fsp3) is 0. The van der Waals surface area contributed by atoms with Crippen LogP contribution in [0.3, 0.4) is 0 Å². The number of hydrogen-bond acceptors (Lipinski definition) is 5. The third-order valence-electron chi connectivity index (χ3n) is 7.87. The van der Waals surface area contributed by atoms with Gasteiger partial charge in [0.15, 0.2) is 0 Å². The monoisotopic (exact) mass is 474 g/mol. The number of hydrogen-bond donors (Lipinski definition) is 0. The molecule has 1 fully saturated rings. The topological polar surface area (TPSA) is 30.8 Å². The lowest BCUT2D eigenvalue weighted by atomic mass is 9.42. The van der Waals surface area contributed by atoms with Crippen molar-refractivity contribution in [1.82, 2.24) is 28.4 Å². The van der Waals surface area contributed by atoms with E-state index in [0.29, 0.717) is 0 Å². The van der Waals surface area contributed by atoms with Crippen molar-refractivity contribution in [3.8, 4) is 0 Å². The number of aromatic nitrogens is 2. The van der Waals surface area contributed by atoms with Gasteiger partial charge in [-0.2, -0.15) is 0 Å². The standard InChI is InChI=1S/C27H22B4N6/c1-2-10-26-24(9-1)25-22-32-16-11-27(25)37(26)23-12-20-36-30-15-4-7-18-34(30)28-13-3-6-17-33(28)29-14-5-8-19-35(29)31(36)21-23/h1-22H. The summed E-state index contributed by atoms with van der Waals surface area (Å²) in [4.78, 5) is 4.43. The quantitative estimate of drug-likeness (QED) is 0.496. The van der Waals surface area contributed by atoms with Gasteiger partial charge in [0.2, 0.25) is 0 Å². The Bertz CT molecular complexity index is 1580. The first-order valence-electron chi connectivity index (χ1n) is 12.8. The number of rotatable bonds is 1. The highest BCUT2D eigenvalue weighted by molar-refractivity contribution is 6.92. The molecule has 172 valence electrons. The fourth-order valence-corrected chi connectivity index (χ4v) is 6.27. The van der Waals surface area contributed by atoms with Crippen LogP contribution in [0.4, 0.5) is 0 Å². The average Bonchev–Trinajstić information content (AvgIpc) is 3.31. The van der Waals surface area contributed by atoms with Crippen LogP contribution in [0.15, 0.2) is 134 Å². The second-order valence-corrected chi connectivity index (χ2v) is 9.78. The first-order valence-corrected chi connectivity index (χ1v) is 12.8. The molecule has 2 aromatic heterocycles. The summed E-state index contributed by atoms with van der Waals surface area (Å²) >= 11 is 0. The Balaban J connectivity index is 1.32. The summed E-state index contributed by atoms with van der Waals surface area (Å²) in [6.07, 6.45) is 27.9. The minimum Gasteiger partial charge on any atom is -0.423 e. The molecular formula is C27H22B4N6. The van der Waals surface area contributed by atoms with E-state index >= 15 is 0 Å². The molecule has 0 amide bonds. The first-order chi connectivity index (χ1) is 18.4. The lowest BCUT2D eigenvalue weighted by Gasteiger charge is -2.53. The highest BCUT2D eigenvalue weighted by Crippen LogP contribution is 2.35. The molecule has 7 heterocycles. The van der Waals surface area contributed by atoms with E-state index in [-0.39, 0.29) is 27.9 Å². The summed E-state index contributed by atoms with van der Waals surface area (Å²) in [6.45, 7) is 0.281. The second kappa shape index (κ2) is 8.03. The molecule has 37 heavy (non-hydrogen) atoms. The number of allylic oxidation sites excluding steroid dienone is 8. The van der Waals surface area contributed by atoms with Crippen molar-refractivity contribution >= 4 is 55.4 Å². The Kier molecular flexibility index (Phi) is 4.50. The van der Waals surface area contributed by atoms with Crippen molar-refractivity contribution in [3.63, 3.8) is 0 Å². The Labute approximate surface area is 217 Å². The van der Waals surface area contributed by atoms with Gasteiger partial charge in [-0.15, -0.1) is 0 Å². The van der Waals surface area contributed by atoms with Crippen LogP contribution >= 0.6 is 0 Å². The molecular weight excluding hydrogens is 452 g/mol. The normalized spacial score (nSPS) is 19.4. The van der Waals surface area contributed by atoms with Gasteiger partial charge in [0.25, 0.3) is 0 Å². The molecule has 3 aromatic rings. The van der Waals surface area contributed by atoms with E-state index in [1.165, 1.54) is 21.8 Å². The summed E-state index contributed by atoms with van der Waals surface area (Å²) < 4.78 is 12.2. The first kappa shape index (κ1) is 20.7.